The molecule has 4 N–H and O–H groups in total. The van der Waals surface area contributed by atoms with Crippen molar-refractivity contribution in [1.29, 1.82) is 0 Å². The van der Waals surface area contributed by atoms with Crippen molar-refractivity contribution in [2.45, 2.75) is 20.8 Å². The predicted molar refractivity (Wildman–Crippen MR) is 101 cm³/mol. The van der Waals surface area contributed by atoms with E-state index in [9.17, 15) is 9.59 Å². The average Bonchev–Trinajstić information content (AvgIpc) is 2.97. The minimum Gasteiger partial charge on any atom is -0.460 e. The van der Waals surface area contributed by atoms with Gasteiger partial charge in [0.2, 0.25) is 11.5 Å². The smallest absolute Gasteiger partial charge is 0.411 e. The largest absolute Gasteiger partial charge is 0.460 e. The first-order valence-corrected chi connectivity index (χ1v) is 8.58. The zero-order valence-corrected chi connectivity index (χ0v) is 15.8. The van der Waals surface area contributed by atoms with E-state index in [1.54, 1.807) is 40.1 Å². The number of fused-ring (bicyclic) bond motifs is 1. The highest BCUT2D eigenvalue weighted by Crippen LogP contribution is 2.33. The monoisotopic (exact) mass is 376 g/mol. The minimum atomic E-state index is -0.710. The molecular weight excluding hydrogens is 352 g/mol. The van der Waals surface area contributed by atoms with Crippen molar-refractivity contribution in [2.75, 3.05) is 32.1 Å². The summed E-state index contributed by atoms with van der Waals surface area (Å²) in [6.45, 7) is 5.78. The van der Waals surface area contributed by atoms with E-state index in [-0.39, 0.29) is 36.9 Å². The lowest BCUT2D eigenvalue weighted by Crippen LogP contribution is -2.16. The van der Waals surface area contributed by atoms with Gasteiger partial charge >= 0.3 is 12.1 Å². The molecule has 0 aliphatic rings. The van der Waals surface area contributed by atoms with E-state index in [2.05, 4.69) is 15.6 Å². The molecule has 0 radical (unpaired) electrons. The lowest BCUT2D eigenvalue weighted by molar-refractivity contribution is 0.0494. The van der Waals surface area contributed by atoms with Crippen molar-refractivity contribution < 1.29 is 23.5 Å². The summed E-state index contributed by atoms with van der Waals surface area (Å²) in [6.07, 6.45) is 1.05. The van der Waals surface area contributed by atoms with Gasteiger partial charge in [0.15, 0.2) is 0 Å². The number of nitrogens with one attached hydrogen (secondary N) is 2. The molecule has 2 heterocycles. The van der Waals surface area contributed by atoms with Crippen molar-refractivity contribution in [1.82, 2.24) is 10.3 Å². The maximum absolute atomic E-state index is 12.3. The standard InChI is InChI=1S/C18H24N4O5/c1-5-25-17(23)15-14(22-18(24)26-6-2)13-7-12(11(8-19)9-20-4)10(3)21-16(13)27-15/h7,9,20H,5-6,8,19H2,1-4H3,(H,22,24)/b11-9+. The van der Waals surface area contributed by atoms with Gasteiger partial charge in [-0.25, -0.2) is 14.6 Å². The molecule has 27 heavy (non-hydrogen) atoms. The van der Waals surface area contributed by atoms with Gasteiger partial charge < -0.3 is 24.9 Å². The molecule has 0 bridgehead atoms. The van der Waals surface area contributed by atoms with Gasteiger partial charge in [0, 0.05) is 31.0 Å². The summed E-state index contributed by atoms with van der Waals surface area (Å²) < 4.78 is 15.5. The number of anilines is 1. The Kier molecular flexibility index (Phi) is 6.78. The molecule has 0 aliphatic heterocycles. The molecule has 0 atom stereocenters. The number of aromatic nitrogens is 1. The zero-order chi connectivity index (χ0) is 20.0. The second kappa shape index (κ2) is 9.04. The van der Waals surface area contributed by atoms with Crippen LogP contribution in [0.5, 0.6) is 0 Å². The van der Waals surface area contributed by atoms with Crippen molar-refractivity contribution in [3.05, 3.63) is 29.3 Å². The van der Waals surface area contributed by atoms with Crippen LogP contribution >= 0.6 is 0 Å². The Morgan fingerprint density at radius 1 is 1.30 bits per heavy atom. The number of carbonyl (C=O) groups excluding carboxylic acids is 2. The number of aryl methyl sites for hydroxylation is 1. The molecule has 0 fully saturated rings. The number of ether oxygens (including phenoxy) is 2. The maximum Gasteiger partial charge on any atom is 0.411 e. The first-order chi connectivity index (χ1) is 13.0. The summed E-state index contributed by atoms with van der Waals surface area (Å²) >= 11 is 0. The van der Waals surface area contributed by atoms with Crippen LogP contribution in [0.15, 0.2) is 16.7 Å². The normalized spacial score (nSPS) is 11.4. The van der Waals surface area contributed by atoms with E-state index in [1.807, 2.05) is 0 Å². The van der Waals surface area contributed by atoms with Crippen LogP contribution in [-0.4, -0.2) is 43.9 Å². The summed E-state index contributed by atoms with van der Waals surface area (Å²) in [5, 5.41) is 5.93. The van der Waals surface area contributed by atoms with Crippen LogP contribution in [-0.2, 0) is 9.47 Å². The van der Waals surface area contributed by atoms with Gasteiger partial charge in [-0.05, 0) is 32.4 Å². The Bertz CT molecular complexity index is 872. The molecule has 2 aromatic rings. The summed E-state index contributed by atoms with van der Waals surface area (Å²) in [4.78, 5) is 28.6. The third kappa shape index (κ3) is 4.37. The van der Waals surface area contributed by atoms with Crippen LogP contribution in [0.4, 0.5) is 10.5 Å². The molecule has 9 nitrogen and oxygen atoms in total. The van der Waals surface area contributed by atoms with Crippen LogP contribution in [0.1, 0.15) is 35.7 Å². The summed E-state index contributed by atoms with van der Waals surface area (Å²) in [5.41, 5.74) is 8.43. The molecule has 2 aromatic heterocycles. The Balaban J connectivity index is 2.67. The fraction of sp³-hybridized carbons (Fsp3) is 0.389. The molecule has 0 spiro atoms. The van der Waals surface area contributed by atoms with E-state index >= 15 is 0 Å². The third-order valence-electron chi connectivity index (χ3n) is 3.72. The number of furan rings is 1. The first-order valence-electron chi connectivity index (χ1n) is 8.58. The fourth-order valence-electron chi connectivity index (χ4n) is 2.59. The molecule has 0 saturated heterocycles. The number of amides is 1. The maximum atomic E-state index is 12.3. The van der Waals surface area contributed by atoms with E-state index in [0.29, 0.717) is 11.1 Å². The zero-order valence-electron chi connectivity index (χ0n) is 15.8. The van der Waals surface area contributed by atoms with Gasteiger partial charge in [-0.1, -0.05) is 0 Å². The van der Waals surface area contributed by atoms with Crippen LogP contribution in [0.2, 0.25) is 0 Å². The van der Waals surface area contributed by atoms with Crippen molar-refractivity contribution in [3.8, 4) is 0 Å². The number of hydrogen-bond acceptors (Lipinski definition) is 8. The second-order valence-corrected chi connectivity index (χ2v) is 5.51. The Morgan fingerprint density at radius 2 is 2.00 bits per heavy atom. The number of pyridine rings is 1. The first kappa shape index (κ1) is 20.2. The average molecular weight is 376 g/mol. The Labute approximate surface area is 156 Å². The number of esters is 1. The van der Waals surface area contributed by atoms with E-state index in [1.165, 1.54) is 0 Å². The SMILES string of the molecule is CCOC(=O)Nc1c(C(=O)OCC)oc2nc(C)c(/C(=C/NC)CN)cc12. The number of nitrogens with two attached hydrogens (primary N) is 1. The molecule has 1 amide bonds. The van der Waals surface area contributed by atoms with Crippen LogP contribution < -0.4 is 16.4 Å². The number of rotatable bonds is 7. The summed E-state index contributed by atoms with van der Waals surface area (Å²) in [5.74, 6) is -0.845. The predicted octanol–water partition coefficient (Wildman–Crippen LogP) is 2.40. The van der Waals surface area contributed by atoms with Crippen molar-refractivity contribution in [3.63, 3.8) is 0 Å². The number of hydrogen-bond donors (Lipinski definition) is 3. The highest BCUT2D eigenvalue weighted by molar-refractivity contribution is 6.08. The molecule has 2 rings (SSSR count). The van der Waals surface area contributed by atoms with Crippen molar-refractivity contribution >= 4 is 34.4 Å². The van der Waals surface area contributed by atoms with Gasteiger partial charge in [-0.2, -0.15) is 0 Å². The quantitative estimate of drug-likeness (QED) is 0.628. The van der Waals surface area contributed by atoms with Gasteiger partial charge in [0.05, 0.1) is 18.6 Å². The van der Waals surface area contributed by atoms with Gasteiger partial charge in [-0.15, -0.1) is 0 Å². The molecule has 0 unspecified atom stereocenters. The fourth-order valence-corrected chi connectivity index (χ4v) is 2.59. The van der Waals surface area contributed by atoms with Crippen LogP contribution in [0, 0.1) is 6.92 Å². The number of carbonyl (C=O) groups is 2. The third-order valence-corrected chi connectivity index (χ3v) is 3.72. The Morgan fingerprint density at radius 3 is 2.59 bits per heavy atom. The molecule has 146 valence electrons. The lowest BCUT2D eigenvalue weighted by atomic mass is 10.0. The topological polar surface area (TPSA) is 129 Å². The van der Waals surface area contributed by atoms with Gasteiger partial charge in [0.25, 0.3) is 0 Å². The molecular formula is C18H24N4O5. The van der Waals surface area contributed by atoms with E-state index in [0.717, 1.165) is 11.1 Å². The highest BCUT2D eigenvalue weighted by atomic mass is 16.6. The van der Waals surface area contributed by atoms with E-state index in [4.69, 9.17) is 19.6 Å². The molecule has 0 aliphatic carbocycles. The lowest BCUT2D eigenvalue weighted by Gasteiger charge is -2.09. The summed E-state index contributed by atoms with van der Waals surface area (Å²) in [7, 11) is 1.77. The second-order valence-electron chi connectivity index (χ2n) is 5.51. The Hall–Kier alpha value is -3.07. The van der Waals surface area contributed by atoms with E-state index < -0.39 is 12.1 Å². The van der Waals surface area contributed by atoms with Crippen molar-refractivity contribution in [2.24, 2.45) is 5.73 Å². The molecule has 9 heteroatoms. The van der Waals surface area contributed by atoms with Crippen LogP contribution in [0.3, 0.4) is 0 Å². The summed E-state index contributed by atoms with van der Waals surface area (Å²) in [6, 6.07) is 1.77. The minimum absolute atomic E-state index is 0.143. The molecule has 0 saturated carbocycles. The number of nitrogens with zero attached hydrogens (tertiary/aromatic N) is 1. The van der Waals surface area contributed by atoms with Gasteiger partial charge in [0.1, 0.15) is 5.69 Å². The van der Waals surface area contributed by atoms with Crippen LogP contribution in [0.25, 0.3) is 16.7 Å². The highest BCUT2D eigenvalue weighted by Gasteiger charge is 2.25. The molecule has 0 aromatic carbocycles. The van der Waals surface area contributed by atoms with Gasteiger partial charge in [-0.3, -0.25) is 5.32 Å².